The number of rotatable bonds is 3. The Hall–Kier alpha value is -0.650. The van der Waals surface area contributed by atoms with Crippen molar-refractivity contribution in [1.29, 1.82) is 0 Å². The summed E-state index contributed by atoms with van der Waals surface area (Å²) >= 11 is 0. The summed E-state index contributed by atoms with van der Waals surface area (Å²) in [5.74, 6) is 0.120. The largest absolute Gasteiger partial charge is 0.378 e. The number of nitrogens with one attached hydrogen (secondary N) is 2. The van der Waals surface area contributed by atoms with Gasteiger partial charge >= 0.3 is 0 Å². The second-order valence-electron chi connectivity index (χ2n) is 5.21. The first kappa shape index (κ1) is 11.4. The number of fused-ring (bicyclic) bond motifs is 2. The topological polar surface area (TPSA) is 59.6 Å². The Balaban J connectivity index is 1.44. The smallest absolute Gasteiger partial charge is 0.221 e. The third kappa shape index (κ3) is 2.61. The van der Waals surface area contributed by atoms with Crippen molar-refractivity contribution in [3.05, 3.63) is 0 Å². The molecule has 2 N–H and O–H groups in total. The van der Waals surface area contributed by atoms with Gasteiger partial charge in [0.1, 0.15) is 0 Å². The molecule has 0 aromatic carbocycles. The Labute approximate surface area is 101 Å². The van der Waals surface area contributed by atoms with Crippen LogP contribution in [0.5, 0.6) is 0 Å². The molecule has 0 aromatic heterocycles. The molecule has 17 heavy (non-hydrogen) atoms. The van der Waals surface area contributed by atoms with Gasteiger partial charge in [-0.05, 0) is 19.3 Å². The molecule has 4 atom stereocenters. The quantitative estimate of drug-likeness (QED) is 0.717. The van der Waals surface area contributed by atoms with Crippen LogP contribution in [-0.2, 0) is 14.3 Å². The fourth-order valence-corrected chi connectivity index (χ4v) is 3.03. The maximum Gasteiger partial charge on any atom is 0.221 e. The van der Waals surface area contributed by atoms with Crippen molar-refractivity contribution in [2.24, 2.45) is 0 Å². The van der Waals surface area contributed by atoms with E-state index in [2.05, 4.69) is 10.6 Å². The first-order valence-corrected chi connectivity index (χ1v) is 6.57. The van der Waals surface area contributed by atoms with Gasteiger partial charge in [-0.2, -0.15) is 0 Å². The molecule has 0 radical (unpaired) electrons. The molecular weight excluding hydrogens is 220 g/mol. The molecule has 0 aromatic rings. The zero-order chi connectivity index (χ0) is 11.7. The molecule has 2 bridgehead atoms. The van der Waals surface area contributed by atoms with E-state index >= 15 is 0 Å². The maximum atomic E-state index is 11.9. The van der Waals surface area contributed by atoms with Gasteiger partial charge in [-0.1, -0.05) is 0 Å². The zero-order valence-corrected chi connectivity index (χ0v) is 9.98. The minimum Gasteiger partial charge on any atom is -0.378 e. The highest BCUT2D eigenvalue weighted by atomic mass is 16.5. The third-order valence-corrected chi connectivity index (χ3v) is 3.88. The Kier molecular flexibility index (Phi) is 3.31. The van der Waals surface area contributed by atoms with Crippen LogP contribution in [0.1, 0.15) is 25.7 Å². The van der Waals surface area contributed by atoms with E-state index in [0.29, 0.717) is 19.1 Å². The number of carbonyl (C=O) groups is 1. The van der Waals surface area contributed by atoms with Crippen LogP contribution >= 0.6 is 0 Å². The van der Waals surface area contributed by atoms with Crippen molar-refractivity contribution in [3.63, 3.8) is 0 Å². The average Bonchev–Trinajstić information content (AvgIpc) is 2.92. The molecule has 0 aliphatic carbocycles. The van der Waals surface area contributed by atoms with Crippen LogP contribution in [0.15, 0.2) is 0 Å². The van der Waals surface area contributed by atoms with E-state index in [1.165, 1.54) is 0 Å². The number of carbonyl (C=O) groups excluding carboxylic acids is 1. The van der Waals surface area contributed by atoms with Crippen LogP contribution in [0.2, 0.25) is 0 Å². The van der Waals surface area contributed by atoms with Crippen LogP contribution in [0.3, 0.4) is 0 Å². The predicted octanol–water partition coefficient (Wildman–Crippen LogP) is -0.199. The molecule has 3 aliphatic rings. The Morgan fingerprint density at radius 1 is 1.41 bits per heavy atom. The summed E-state index contributed by atoms with van der Waals surface area (Å²) in [6.45, 7) is 2.23. The molecule has 96 valence electrons. The maximum absolute atomic E-state index is 11.9. The van der Waals surface area contributed by atoms with E-state index in [0.717, 1.165) is 32.4 Å². The summed E-state index contributed by atoms with van der Waals surface area (Å²) in [5.41, 5.74) is 0. The Morgan fingerprint density at radius 2 is 2.35 bits per heavy atom. The minimum absolute atomic E-state index is 0.120. The van der Waals surface area contributed by atoms with Crippen molar-refractivity contribution in [2.75, 3.05) is 19.8 Å². The molecule has 3 heterocycles. The zero-order valence-electron chi connectivity index (χ0n) is 9.98. The van der Waals surface area contributed by atoms with Gasteiger partial charge in [-0.3, -0.25) is 4.79 Å². The summed E-state index contributed by atoms with van der Waals surface area (Å²) in [4.78, 5) is 11.9. The van der Waals surface area contributed by atoms with Crippen molar-refractivity contribution in [2.45, 2.75) is 50.0 Å². The summed E-state index contributed by atoms with van der Waals surface area (Å²) < 4.78 is 11.1. The SMILES string of the molecule is O=C(CC1COCCN1)NC1CC2CCC1O2. The second kappa shape index (κ2) is 4.92. The molecule has 3 aliphatic heterocycles. The molecule has 0 saturated carbocycles. The Morgan fingerprint density at radius 3 is 3.00 bits per heavy atom. The highest BCUT2D eigenvalue weighted by Crippen LogP contribution is 2.34. The highest BCUT2D eigenvalue weighted by Gasteiger charge is 2.41. The van der Waals surface area contributed by atoms with Crippen molar-refractivity contribution in [1.82, 2.24) is 10.6 Å². The lowest BCUT2D eigenvalue weighted by molar-refractivity contribution is -0.123. The lowest BCUT2D eigenvalue weighted by Gasteiger charge is -2.25. The van der Waals surface area contributed by atoms with Crippen LogP contribution in [0, 0.1) is 0 Å². The van der Waals surface area contributed by atoms with E-state index in [1.807, 2.05) is 0 Å². The highest BCUT2D eigenvalue weighted by molar-refractivity contribution is 5.77. The van der Waals surface area contributed by atoms with E-state index < -0.39 is 0 Å². The number of amides is 1. The number of morpholine rings is 1. The van der Waals surface area contributed by atoms with Crippen LogP contribution in [0.25, 0.3) is 0 Å². The molecule has 3 saturated heterocycles. The van der Waals surface area contributed by atoms with E-state index in [9.17, 15) is 4.79 Å². The number of hydrogen-bond donors (Lipinski definition) is 2. The monoisotopic (exact) mass is 240 g/mol. The molecular formula is C12H20N2O3. The molecule has 3 rings (SSSR count). The van der Waals surface area contributed by atoms with Crippen molar-refractivity contribution >= 4 is 5.91 Å². The molecule has 1 amide bonds. The van der Waals surface area contributed by atoms with Gasteiger partial charge < -0.3 is 20.1 Å². The molecule has 5 heteroatoms. The Bertz CT molecular complexity index is 291. The van der Waals surface area contributed by atoms with E-state index in [4.69, 9.17) is 9.47 Å². The van der Waals surface area contributed by atoms with Gasteiger partial charge in [0.25, 0.3) is 0 Å². The third-order valence-electron chi connectivity index (χ3n) is 3.88. The summed E-state index contributed by atoms with van der Waals surface area (Å²) in [6.07, 6.45) is 4.41. The second-order valence-corrected chi connectivity index (χ2v) is 5.21. The fraction of sp³-hybridized carbons (Fsp3) is 0.917. The summed E-state index contributed by atoms with van der Waals surface area (Å²) in [7, 11) is 0. The molecule has 3 fully saturated rings. The van der Waals surface area contributed by atoms with Crippen LogP contribution in [-0.4, -0.2) is 50.0 Å². The first-order chi connectivity index (χ1) is 8.31. The molecule has 4 unspecified atom stereocenters. The van der Waals surface area contributed by atoms with Gasteiger partial charge in [0.2, 0.25) is 5.91 Å². The van der Waals surface area contributed by atoms with Gasteiger partial charge in [0, 0.05) is 19.0 Å². The molecule has 5 nitrogen and oxygen atoms in total. The van der Waals surface area contributed by atoms with E-state index in [1.54, 1.807) is 0 Å². The normalized spacial score (nSPS) is 40.5. The number of ether oxygens (including phenoxy) is 2. The fourth-order valence-electron chi connectivity index (χ4n) is 3.03. The standard InChI is InChI=1S/C12H20N2O3/c15-12(5-8-7-16-4-3-13-8)14-10-6-9-1-2-11(10)17-9/h8-11,13H,1-7H2,(H,14,15). The van der Waals surface area contributed by atoms with E-state index in [-0.39, 0.29) is 24.1 Å². The van der Waals surface area contributed by atoms with Gasteiger partial charge in [-0.25, -0.2) is 0 Å². The lowest BCUT2D eigenvalue weighted by Crippen LogP contribution is -2.47. The van der Waals surface area contributed by atoms with Gasteiger partial charge in [-0.15, -0.1) is 0 Å². The first-order valence-electron chi connectivity index (χ1n) is 6.57. The minimum atomic E-state index is 0.120. The van der Waals surface area contributed by atoms with Crippen molar-refractivity contribution in [3.8, 4) is 0 Å². The van der Waals surface area contributed by atoms with Crippen LogP contribution < -0.4 is 10.6 Å². The molecule has 0 spiro atoms. The summed E-state index contributed by atoms with van der Waals surface area (Å²) in [6, 6.07) is 0.411. The number of hydrogen-bond acceptors (Lipinski definition) is 4. The van der Waals surface area contributed by atoms with Crippen LogP contribution in [0.4, 0.5) is 0 Å². The van der Waals surface area contributed by atoms with Gasteiger partial charge in [0.15, 0.2) is 0 Å². The summed E-state index contributed by atoms with van der Waals surface area (Å²) in [5, 5.41) is 6.39. The predicted molar refractivity (Wildman–Crippen MR) is 61.7 cm³/mol. The van der Waals surface area contributed by atoms with Crippen molar-refractivity contribution < 1.29 is 14.3 Å². The van der Waals surface area contributed by atoms with Gasteiger partial charge in [0.05, 0.1) is 31.5 Å². The lowest BCUT2D eigenvalue weighted by atomic mass is 9.95. The average molecular weight is 240 g/mol.